The molecule has 5 heavy (non-hydrogen) atoms. The SMILES string of the molecule is [AlH3].[AlH3].[O]=[AlH].[SiH4]. The van der Waals surface area contributed by atoms with E-state index < -0.39 is 0 Å². The van der Waals surface area contributed by atoms with Crippen molar-refractivity contribution in [2.45, 2.75) is 0 Å². The molecule has 0 amide bonds. The van der Waals surface area contributed by atoms with Crippen molar-refractivity contribution in [2.75, 3.05) is 0 Å². The minimum atomic E-state index is 0. The van der Waals surface area contributed by atoms with E-state index in [1.54, 1.807) is 0 Å². The van der Waals surface area contributed by atoms with Crippen molar-refractivity contribution in [1.82, 2.24) is 0 Å². The third-order valence-corrected chi connectivity index (χ3v) is 0. The van der Waals surface area contributed by atoms with Crippen LogP contribution in [0.15, 0.2) is 0 Å². The molecule has 0 saturated carbocycles. The number of hydrogen-bond donors (Lipinski definition) is 0. The molecule has 0 atom stereocenters. The zero-order chi connectivity index (χ0) is 2.00. The topological polar surface area (TPSA) is 17.1 Å². The second kappa shape index (κ2) is 45.9. The van der Waals surface area contributed by atoms with Crippen molar-refractivity contribution in [3.05, 3.63) is 0 Å². The first kappa shape index (κ1) is 30.5. The summed E-state index contributed by atoms with van der Waals surface area (Å²) in [5.74, 6) is 0. The van der Waals surface area contributed by atoms with Gasteiger partial charge in [-0.3, -0.25) is 0 Å². The van der Waals surface area contributed by atoms with E-state index in [1.807, 2.05) is 0 Å². The van der Waals surface area contributed by atoms with Crippen molar-refractivity contribution in [3.63, 3.8) is 0 Å². The third kappa shape index (κ3) is 28.1. The van der Waals surface area contributed by atoms with E-state index in [-0.39, 0.29) is 45.7 Å². The van der Waals surface area contributed by atoms with Crippen LogP contribution in [0.2, 0.25) is 0 Å². The number of rotatable bonds is 0. The Morgan fingerprint density at radius 1 is 1.00 bits per heavy atom. The fourth-order valence-corrected chi connectivity index (χ4v) is 0. The Morgan fingerprint density at radius 3 is 1.00 bits per heavy atom. The van der Waals surface area contributed by atoms with Crippen LogP contribution < -0.4 is 0 Å². The van der Waals surface area contributed by atoms with E-state index >= 15 is 0 Å². The molecule has 0 rings (SSSR count). The van der Waals surface area contributed by atoms with Crippen molar-refractivity contribution >= 4 is 61.9 Å². The molecule has 0 aliphatic rings. The van der Waals surface area contributed by atoms with Gasteiger partial charge < -0.3 is 0 Å². The molecule has 0 radical (unpaired) electrons. The van der Waals surface area contributed by atoms with Crippen LogP contribution in [-0.2, 0) is 3.80 Å². The van der Waals surface area contributed by atoms with E-state index in [4.69, 9.17) is 3.80 Å². The molecule has 0 aromatic heterocycles. The Balaban J connectivity index is -0.00000000167. The monoisotopic (exact) mass is 136 g/mol. The minimum absolute atomic E-state index is 0. The molecular weight excluding hydrogens is 125 g/mol. The van der Waals surface area contributed by atoms with Gasteiger partial charge in [0.05, 0.1) is 0 Å². The fraction of sp³-hybridized carbons (Fsp3) is 0. The standard InChI is InChI=1S/3Al.O.H4Si.7H/h;;;;1H4;;;;;;;. The van der Waals surface area contributed by atoms with Crippen LogP contribution in [0.25, 0.3) is 0 Å². The summed E-state index contributed by atoms with van der Waals surface area (Å²) < 4.78 is 8.28. The summed E-state index contributed by atoms with van der Waals surface area (Å²) in [6.07, 6.45) is 0. The van der Waals surface area contributed by atoms with E-state index in [9.17, 15) is 0 Å². The molecular formula is H11Al3OSi. The van der Waals surface area contributed by atoms with E-state index in [2.05, 4.69) is 0 Å². The predicted octanol–water partition coefficient (Wildman–Crippen LogP) is -4.59. The summed E-state index contributed by atoms with van der Waals surface area (Å²) in [5, 5.41) is 0. The van der Waals surface area contributed by atoms with Gasteiger partial charge in [0.1, 0.15) is 0 Å². The van der Waals surface area contributed by atoms with Gasteiger partial charge in [-0.1, -0.05) is 0 Å². The average molecular weight is 136 g/mol. The maximum absolute atomic E-state index is 8.28. The summed E-state index contributed by atoms with van der Waals surface area (Å²) in [5.41, 5.74) is 0. The van der Waals surface area contributed by atoms with Gasteiger partial charge in [-0.15, -0.1) is 0 Å². The Labute approximate surface area is 65.4 Å². The second-order valence-corrected chi connectivity index (χ2v) is 0. The van der Waals surface area contributed by atoms with Gasteiger partial charge in [-0.05, 0) is 11.0 Å². The normalized spacial score (nSPS) is 0.600. The molecule has 0 heterocycles. The van der Waals surface area contributed by atoms with Gasteiger partial charge in [0.15, 0.2) is 34.7 Å². The zero-order valence-electron chi connectivity index (χ0n) is 1.12. The molecule has 0 aromatic carbocycles. The van der Waals surface area contributed by atoms with E-state index in [0.29, 0.717) is 16.2 Å². The predicted molar refractivity (Wildman–Crippen MR) is 39.0 cm³/mol. The van der Waals surface area contributed by atoms with Crippen LogP contribution in [0, 0.1) is 0 Å². The van der Waals surface area contributed by atoms with E-state index in [1.165, 1.54) is 0 Å². The third-order valence-electron chi connectivity index (χ3n) is 0. The van der Waals surface area contributed by atoms with Crippen LogP contribution in [0.4, 0.5) is 0 Å². The largest absolute Gasteiger partial charge is 0.0149 e. The quantitative estimate of drug-likeness (QED) is 0.306. The Kier molecular flexibility index (Phi) is 280. The van der Waals surface area contributed by atoms with Crippen molar-refractivity contribution in [1.29, 1.82) is 0 Å². The molecule has 0 saturated heterocycles. The van der Waals surface area contributed by atoms with Gasteiger partial charge in [0.25, 0.3) is 0 Å². The molecule has 5 heteroatoms. The number of hydrogen-bond acceptors (Lipinski definition) is 1. The molecule has 0 aliphatic heterocycles. The zero-order valence-corrected chi connectivity index (χ0v) is 2.53. The molecule has 0 aliphatic carbocycles. The van der Waals surface area contributed by atoms with Crippen LogP contribution in [0.1, 0.15) is 0 Å². The maximum Gasteiger partial charge on any atom is -0.0149 e. The first-order valence-corrected chi connectivity index (χ1v) is 0.866. The van der Waals surface area contributed by atoms with Crippen LogP contribution >= 0.6 is 0 Å². The Bertz CT molecular complexity index is 6.85. The molecule has 30 valence electrons. The smallest absolute Gasteiger partial charge is 0.0149 e. The molecule has 0 bridgehead atoms. The molecule has 0 fully saturated rings. The second-order valence-electron chi connectivity index (χ2n) is 0. The molecule has 1 nitrogen and oxygen atoms in total. The summed E-state index contributed by atoms with van der Waals surface area (Å²) in [6.45, 7) is 0. The Morgan fingerprint density at radius 2 is 1.00 bits per heavy atom. The van der Waals surface area contributed by atoms with Crippen LogP contribution in [-0.4, -0.2) is 61.9 Å². The molecule has 0 spiro atoms. The van der Waals surface area contributed by atoms with Crippen molar-refractivity contribution in [2.24, 2.45) is 0 Å². The van der Waals surface area contributed by atoms with Crippen molar-refractivity contribution in [3.8, 4) is 0 Å². The minimum Gasteiger partial charge on any atom is -0.0149 e. The molecule has 0 unspecified atom stereocenters. The average Bonchev–Trinajstić information content (AvgIpc) is 1.00. The van der Waals surface area contributed by atoms with Gasteiger partial charge in [0.2, 0.25) is 0 Å². The van der Waals surface area contributed by atoms with Gasteiger partial charge in [0, 0.05) is 0 Å². The first-order valence-electron chi connectivity index (χ1n) is 0.289. The maximum atomic E-state index is 8.28. The first-order chi connectivity index (χ1) is 1.00. The summed E-state index contributed by atoms with van der Waals surface area (Å²) in [4.78, 5) is 0. The van der Waals surface area contributed by atoms with Gasteiger partial charge in [-0.25, -0.2) is 0 Å². The summed E-state index contributed by atoms with van der Waals surface area (Å²) in [6, 6.07) is 0. The Hall–Kier alpha value is 1.61. The summed E-state index contributed by atoms with van der Waals surface area (Å²) in [7, 11) is 0. The molecule has 0 aromatic rings. The van der Waals surface area contributed by atoms with Gasteiger partial charge >= 0.3 is 20.0 Å². The van der Waals surface area contributed by atoms with Crippen LogP contribution in [0.3, 0.4) is 0 Å². The van der Waals surface area contributed by atoms with Gasteiger partial charge in [-0.2, -0.15) is 0 Å². The van der Waals surface area contributed by atoms with E-state index in [0.717, 1.165) is 0 Å². The summed E-state index contributed by atoms with van der Waals surface area (Å²) >= 11 is 0.611. The fourth-order valence-electron chi connectivity index (χ4n) is 0. The molecule has 0 N–H and O–H groups in total. The van der Waals surface area contributed by atoms with Crippen LogP contribution in [0.5, 0.6) is 0 Å². The van der Waals surface area contributed by atoms with Crippen molar-refractivity contribution < 1.29 is 3.80 Å².